The number of nitrogens with zero attached hydrogens (tertiary/aromatic N) is 2. The van der Waals surface area contributed by atoms with Crippen LogP contribution in [-0.2, 0) is 0 Å². The molecule has 0 fully saturated rings. The van der Waals surface area contributed by atoms with Crippen LogP contribution in [0.5, 0.6) is 0 Å². The molecule has 1 heterocycles. The molecule has 4 N–H and O–H groups in total. The van der Waals surface area contributed by atoms with Crippen molar-refractivity contribution in [2.75, 3.05) is 22.9 Å². The fourth-order valence-corrected chi connectivity index (χ4v) is 1.21. The number of nitrogens with two attached hydrogens (primary N) is 1. The van der Waals surface area contributed by atoms with Gasteiger partial charge in [-0.2, -0.15) is 9.97 Å². The van der Waals surface area contributed by atoms with Crippen molar-refractivity contribution in [3.63, 3.8) is 0 Å². The Morgan fingerprint density at radius 1 is 1.25 bits per heavy atom. The van der Waals surface area contributed by atoms with Crippen molar-refractivity contribution in [2.24, 2.45) is 5.92 Å². The lowest BCUT2D eigenvalue weighted by Gasteiger charge is -2.18. The first kappa shape index (κ1) is 12.5. The highest BCUT2D eigenvalue weighted by molar-refractivity contribution is 5.51. The Labute approximate surface area is 96.9 Å². The number of nitrogen functional groups attached to an aromatic ring is 1. The van der Waals surface area contributed by atoms with Crippen LogP contribution in [-0.4, -0.2) is 22.6 Å². The molecule has 0 saturated heterocycles. The van der Waals surface area contributed by atoms with E-state index in [1.54, 1.807) is 0 Å². The molecular formula is C11H21N5. The summed E-state index contributed by atoms with van der Waals surface area (Å²) in [6, 6.07) is 2.22. The molecule has 0 aromatic carbocycles. The van der Waals surface area contributed by atoms with Gasteiger partial charge in [0.15, 0.2) is 0 Å². The lowest BCUT2D eigenvalue weighted by Crippen LogP contribution is -2.22. The summed E-state index contributed by atoms with van der Waals surface area (Å²) in [5.74, 6) is 2.36. The van der Waals surface area contributed by atoms with Crippen LogP contribution in [0.2, 0.25) is 0 Å². The van der Waals surface area contributed by atoms with Crippen molar-refractivity contribution in [3.05, 3.63) is 6.07 Å². The van der Waals surface area contributed by atoms with Crippen molar-refractivity contribution in [2.45, 2.75) is 33.7 Å². The summed E-state index contributed by atoms with van der Waals surface area (Å²) in [7, 11) is 0. The highest BCUT2D eigenvalue weighted by Gasteiger charge is 2.08. The third-order valence-corrected chi connectivity index (χ3v) is 2.48. The van der Waals surface area contributed by atoms with Gasteiger partial charge in [0, 0.05) is 18.7 Å². The lowest BCUT2D eigenvalue weighted by atomic mass is 10.1. The SMILES string of the molecule is CCNc1cc(NC(C)C(C)C)nc(N)n1. The molecule has 1 aromatic rings. The quantitative estimate of drug-likeness (QED) is 0.711. The zero-order valence-corrected chi connectivity index (χ0v) is 10.4. The number of aromatic nitrogens is 2. The van der Waals surface area contributed by atoms with E-state index >= 15 is 0 Å². The Morgan fingerprint density at radius 3 is 2.44 bits per heavy atom. The Balaban J connectivity index is 2.79. The maximum Gasteiger partial charge on any atom is 0.223 e. The van der Waals surface area contributed by atoms with Crippen molar-refractivity contribution in [1.29, 1.82) is 0 Å². The Hall–Kier alpha value is -1.52. The van der Waals surface area contributed by atoms with Crippen LogP contribution in [0.15, 0.2) is 6.07 Å². The van der Waals surface area contributed by atoms with Crippen molar-refractivity contribution >= 4 is 17.6 Å². The molecule has 0 saturated carbocycles. The molecule has 0 aliphatic rings. The Kier molecular flexibility index (Phi) is 4.34. The van der Waals surface area contributed by atoms with Gasteiger partial charge in [0.05, 0.1) is 0 Å². The average molecular weight is 223 g/mol. The van der Waals surface area contributed by atoms with Crippen LogP contribution < -0.4 is 16.4 Å². The van der Waals surface area contributed by atoms with Gasteiger partial charge >= 0.3 is 0 Å². The summed E-state index contributed by atoms with van der Waals surface area (Å²) in [5.41, 5.74) is 5.64. The second-order valence-electron chi connectivity index (χ2n) is 4.20. The van der Waals surface area contributed by atoms with E-state index in [0.717, 1.165) is 18.2 Å². The molecule has 90 valence electrons. The standard InChI is InChI=1S/C11H21N5/c1-5-13-9-6-10(16-11(12)15-9)14-8(4)7(2)3/h6-8H,5H2,1-4H3,(H4,12,13,14,15,16). The first-order valence-electron chi connectivity index (χ1n) is 5.68. The fraction of sp³-hybridized carbons (Fsp3) is 0.636. The molecule has 1 aromatic heterocycles. The van der Waals surface area contributed by atoms with Crippen LogP contribution in [0.4, 0.5) is 17.6 Å². The molecule has 1 rings (SSSR count). The summed E-state index contributed by atoms with van der Waals surface area (Å²) in [5, 5.41) is 6.43. The first-order chi connectivity index (χ1) is 7.52. The summed E-state index contributed by atoms with van der Waals surface area (Å²) in [4.78, 5) is 8.25. The van der Waals surface area contributed by atoms with Gasteiger partial charge in [-0.3, -0.25) is 0 Å². The smallest absolute Gasteiger partial charge is 0.223 e. The lowest BCUT2D eigenvalue weighted by molar-refractivity contribution is 0.558. The fourth-order valence-electron chi connectivity index (χ4n) is 1.21. The average Bonchev–Trinajstić information content (AvgIpc) is 2.16. The van der Waals surface area contributed by atoms with E-state index in [9.17, 15) is 0 Å². The number of hydrogen-bond acceptors (Lipinski definition) is 5. The van der Waals surface area contributed by atoms with E-state index in [-0.39, 0.29) is 5.95 Å². The maximum atomic E-state index is 5.64. The molecule has 5 heteroatoms. The van der Waals surface area contributed by atoms with Gasteiger partial charge in [-0.15, -0.1) is 0 Å². The summed E-state index contributed by atoms with van der Waals surface area (Å²) in [6.45, 7) is 9.27. The maximum absolute atomic E-state index is 5.64. The molecule has 16 heavy (non-hydrogen) atoms. The minimum atomic E-state index is 0.289. The first-order valence-corrected chi connectivity index (χ1v) is 5.68. The molecule has 0 bridgehead atoms. The van der Waals surface area contributed by atoms with E-state index in [2.05, 4.69) is 41.4 Å². The number of nitrogens with one attached hydrogen (secondary N) is 2. The van der Waals surface area contributed by atoms with Crippen LogP contribution in [0, 0.1) is 5.92 Å². The van der Waals surface area contributed by atoms with Crippen LogP contribution >= 0.6 is 0 Å². The number of anilines is 3. The van der Waals surface area contributed by atoms with Crippen LogP contribution in [0.25, 0.3) is 0 Å². The molecule has 0 spiro atoms. The molecule has 1 atom stereocenters. The van der Waals surface area contributed by atoms with Crippen molar-refractivity contribution < 1.29 is 0 Å². The molecule has 0 radical (unpaired) electrons. The Bertz CT molecular complexity index is 337. The third-order valence-electron chi connectivity index (χ3n) is 2.48. The normalized spacial score (nSPS) is 12.6. The van der Waals surface area contributed by atoms with Crippen LogP contribution in [0.1, 0.15) is 27.7 Å². The van der Waals surface area contributed by atoms with E-state index in [1.807, 2.05) is 13.0 Å². The van der Waals surface area contributed by atoms with E-state index in [1.165, 1.54) is 0 Å². The van der Waals surface area contributed by atoms with Gasteiger partial charge in [-0.1, -0.05) is 13.8 Å². The summed E-state index contributed by atoms with van der Waals surface area (Å²) < 4.78 is 0. The summed E-state index contributed by atoms with van der Waals surface area (Å²) >= 11 is 0. The van der Waals surface area contributed by atoms with Gasteiger partial charge < -0.3 is 16.4 Å². The van der Waals surface area contributed by atoms with E-state index in [0.29, 0.717) is 12.0 Å². The molecular weight excluding hydrogens is 202 g/mol. The predicted octanol–water partition coefficient (Wildman–Crippen LogP) is 1.95. The minimum Gasteiger partial charge on any atom is -0.370 e. The van der Waals surface area contributed by atoms with Gasteiger partial charge in [0.2, 0.25) is 5.95 Å². The van der Waals surface area contributed by atoms with Gasteiger partial charge in [-0.25, -0.2) is 0 Å². The van der Waals surface area contributed by atoms with Gasteiger partial charge in [-0.05, 0) is 19.8 Å². The second-order valence-corrected chi connectivity index (χ2v) is 4.20. The molecule has 1 unspecified atom stereocenters. The minimum absolute atomic E-state index is 0.289. The van der Waals surface area contributed by atoms with Crippen molar-refractivity contribution in [3.8, 4) is 0 Å². The topological polar surface area (TPSA) is 75.9 Å². The van der Waals surface area contributed by atoms with Gasteiger partial charge in [0.25, 0.3) is 0 Å². The molecule has 0 aliphatic heterocycles. The molecule has 0 aliphatic carbocycles. The Morgan fingerprint density at radius 2 is 1.88 bits per heavy atom. The monoisotopic (exact) mass is 223 g/mol. The zero-order chi connectivity index (χ0) is 12.1. The highest BCUT2D eigenvalue weighted by Crippen LogP contribution is 2.15. The number of rotatable bonds is 5. The van der Waals surface area contributed by atoms with E-state index < -0.39 is 0 Å². The largest absolute Gasteiger partial charge is 0.370 e. The number of hydrogen-bond donors (Lipinski definition) is 3. The second kappa shape index (κ2) is 5.53. The van der Waals surface area contributed by atoms with Crippen LogP contribution in [0.3, 0.4) is 0 Å². The van der Waals surface area contributed by atoms with E-state index in [4.69, 9.17) is 5.73 Å². The third kappa shape index (κ3) is 3.56. The predicted molar refractivity (Wildman–Crippen MR) is 68.5 cm³/mol. The molecule has 0 amide bonds. The summed E-state index contributed by atoms with van der Waals surface area (Å²) in [6.07, 6.45) is 0. The molecule has 5 nitrogen and oxygen atoms in total. The zero-order valence-electron chi connectivity index (χ0n) is 10.4. The van der Waals surface area contributed by atoms with Gasteiger partial charge in [0.1, 0.15) is 11.6 Å². The van der Waals surface area contributed by atoms with Crippen molar-refractivity contribution in [1.82, 2.24) is 9.97 Å². The highest BCUT2D eigenvalue weighted by atomic mass is 15.1.